The average molecular weight is 519 g/mol. The molecule has 4 N–H and O–H groups in total. The topological polar surface area (TPSA) is 151 Å². The molecule has 0 saturated carbocycles. The van der Waals surface area contributed by atoms with Crippen LogP contribution in [0.4, 0.5) is 0 Å². The molecule has 3 atom stereocenters. The van der Waals surface area contributed by atoms with Crippen LogP contribution in [0.2, 0.25) is 0 Å². The molecule has 0 unspecified atom stereocenters. The van der Waals surface area contributed by atoms with E-state index in [1.807, 2.05) is 0 Å². The normalized spacial score (nSPS) is 25.0. The van der Waals surface area contributed by atoms with Gasteiger partial charge in [-0.2, -0.15) is 0 Å². The number of aryl methyl sites for hydroxylation is 1. The van der Waals surface area contributed by atoms with Crippen molar-refractivity contribution in [3.8, 4) is 0 Å². The first-order valence-electron chi connectivity index (χ1n) is 6.03. The van der Waals surface area contributed by atoms with E-state index in [-0.39, 0.29) is 28.8 Å². The summed E-state index contributed by atoms with van der Waals surface area (Å²) in [5.41, 5.74) is -0.918. The number of aromatic nitrogens is 2. The van der Waals surface area contributed by atoms with Crippen molar-refractivity contribution in [2.75, 3.05) is 6.61 Å². The molecule has 0 spiro atoms. The second-order valence-corrected chi connectivity index (χ2v) is 5.94. The molecule has 2 heterocycles. The monoisotopic (exact) mass is 519 g/mol. The molecule has 0 amide bonds. The third kappa shape index (κ3) is 4.72. The Balaban J connectivity index is 0.00000242. The van der Waals surface area contributed by atoms with Gasteiger partial charge in [0.05, 0.1) is 12.7 Å². The van der Waals surface area contributed by atoms with E-state index in [4.69, 9.17) is 14.5 Å². The van der Waals surface area contributed by atoms with E-state index >= 15 is 0 Å². The maximum atomic E-state index is 11.7. The van der Waals surface area contributed by atoms with E-state index < -0.39 is 44.1 Å². The Hall–Kier alpha value is -0.550. The SMILES string of the molecule is Cc1cn([C@H]2C[C@H](O)[C@@H](COP(=O)(O)O)O2)c(=O)[nH]c1=O.[Au]. The summed E-state index contributed by atoms with van der Waals surface area (Å²) in [6.45, 7) is 0.994. The molecule has 1 radical (unpaired) electrons. The molecule has 0 bridgehead atoms. The van der Waals surface area contributed by atoms with Crippen LogP contribution in [0.5, 0.6) is 0 Å². The number of hydrogen-bond donors (Lipinski definition) is 4. The number of phosphoric ester groups is 1. The molecular weight excluding hydrogens is 504 g/mol. The number of nitrogens with one attached hydrogen (secondary N) is 1. The van der Waals surface area contributed by atoms with E-state index in [1.165, 1.54) is 13.1 Å². The van der Waals surface area contributed by atoms with Crippen LogP contribution in [0.1, 0.15) is 18.2 Å². The molecule has 129 valence electrons. The molecule has 12 heteroatoms. The fraction of sp³-hybridized carbons (Fsp3) is 0.600. The Bertz CT molecular complexity index is 682. The molecule has 1 aromatic rings. The molecule has 0 aliphatic carbocycles. The van der Waals surface area contributed by atoms with E-state index in [0.717, 1.165) is 4.57 Å². The van der Waals surface area contributed by atoms with Gasteiger partial charge in [-0.25, -0.2) is 9.36 Å². The number of phosphoric acid groups is 1. The summed E-state index contributed by atoms with van der Waals surface area (Å²) in [7, 11) is -4.67. The standard InChI is InChI=1S/C10H15N2O8P.Au/c1-5-3-12(10(15)11-9(5)14)8-2-6(13)7(20-8)4-19-21(16,17)18;/h3,6-8,13H,2,4H2,1H3,(H,11,14,15)(H2,16,17,18);/t6-,7+,8+;/m0./s1. The first kappa shape index (κ1) is 19.5. The van der Waals surface area contributed by atoms with Crippen molar-refractivity contribution in [1.82, 2.24) is 9.55 Å². The number of nitrogens with zero attached hydrogens (tertiary/aromatic N) is 1. The van der Waals surface area contributed by atoms with Crippen molar-refractivity contribution >= 4 is 7.82 Å². The zero-order valence-corrected chi connectivity index (χ0v) is 14.4. The van der Waals surface area contributed by atoms with Gasteiger partial charge in [0.2, 0.25) is 0 Å². The first-order valence-corrected chi connectivity index (χ1v) is 7.56. The molecule has 1 fully saturated rings. The summed E-state index contributed by atoms with van der Waals surface area (Å²) >= 11 is 0. The number of aliphatic hydroxyl groups excluding tert-OH is 1. The van der Waals surface area contributed by atoms with Gasteiger partial charge < -0.3 is 19.6 Å². The first-order chi connectivity index (χ1) is 9.67. The number of rotatable bonds is 4. The molecule has 1 aliphatic heterocycles. The minimum atomic E-state index is -4.67. The van der Waals surface area contributed by atoms with Crippen LogP contribution in [-0.2, 0) is 36.2 Å². The predicted octanol–water partition coefficient (Wildman–Crippen LogP) is -1.40. The number of ether oxygens (including phenoxy) is 1. The molecular formula is C10H15AuN2O8P. The molecule has 22 heavy (non-hydrogen) atoms. The van der Waals surface area contributed by atoms with Gasteiger partial charge >= 0.3 is 13.5 Å². The van der Waals surface area contributed by atoms with Crippen molar-refractivity contribution in [3.05, 3.63) is 32.6 Å². The van der Waals surface area contributed by atoms with Crippen molar-refractivity contribution in [2.45, 2.75) is 31.8 Å². The van der Waals surface area contributed by atoms with Gasteiger partial charge in [-0.15, -0.1) is 0 Å². The number of aromatic amines is 1. The minimum absolute atomic E-state index is 0. The fourth-order valence-corrected chi connectivity index (χ4v) is 2.35. The summed E-state index contributed by atoms with van der Waals surface area (Å²) in [5, 5.41) is 9.79. The minimum Gasteiger partial charge on any atom is -0.390 e. The molecule has 2 rings (SSSR count). The molecule has 1 aliphatic rings. The Morgan fingerprint density at radius 2 is 2.14 bits per heavy atom. The molecule has 1 aromatic heterocycles. The Labute approximate surface area is 139 Å². The van der Waals surface area contributed by atoms with Crippen LogP contribution in [0, 0.1) is 6.92 Å². The van der Waals surface area contributed by atoms with E-state index in [0.29, 0.717) is 5.56 Å². The summed E-state index contributed by atoms with van der Waals surface area (Å²) in [4.78, 5) is 42.3. The second kappa shape index (κ2) is 7.35. The third-order valence-electron chi connectivity index (χ3n) is 3.07. The van der Waals surface area contributed by atoms with Crippen molar-refractivity contribution in [2.24, 2.45) is 0 Å². The van der Waals surface area contributed by atoms with Crippen molar-refractivity contribution < 1.29 is 51.1 Å². The Morgan fingerprint density at radius 3 is 2.73 bits per heavy atom. The van der Waals surface area contributed by atoms with Gasteiger partial charge in [0.25, 0.3) is 5.56 Å². The second-order valence-electron chi connectivity index (χ2n) is 4.70. The van der Waals surface area contributed by atoms with E-state index in [2.05, 4.69) is 9.51 Å². The van der Waals surface area contributed by atoms with Crippen LogP contribution < -0.4 is 11.2 Å². The zero-order valence-electron chi connectivity index (χ0n) is 11.3. The van der Waals surface area contributed by atoms with Gasteiger partial charge in [-0.3, -0.25) is 18.9 Å². The third-order valence-corrected chi connectivity index (χ3v) is 3.55. The van der Waals surface area contributed by atoms with Crippen LogP contribution >= 0.6 is 7.82 Å². The summed E-state index contributed by atoms with van der Waals surface area (Å²) in [6, 6.07) is 0. The number of hydrogen-bond acceptors (Lipinski definition) is 6. The maximum absolute atomic E-state index is 11.7. The largest absolute Gasteiger partial charge is 0.469 e. The maximum Gasteiger partial charge on any atom is 0.469 e. The fourth-order valence-electron chi connectivity index (χ4n) is 2.01. The van der Waals surface area contributed by atoms with Gasteiger partial charge in [0.1, 0.15) is 12.3 Å². The van der Waals surface area contributed by atoms with Crippen molar-refractivity contribution in [3.63, 3.8) is 0 Å². The molecule has 0 aromatic carbocycles. The Kier molecular flexibility index (Phi) is 6.51. The van der Waals surface area contributed by atoms with Gasteiger partial charge in [0.15, 0.2) is 0 Å². The number of aliphatic hydroxyl groups is 1. The van der Waals surface area contributed by atoms with Crippen LogP contribution in [0.3, 0.4) is 0 Å². The van der Waals surface area contributed by atoms with Crippen molar-refractivity contribution in [1.29, 1.82) is 0 Å². The van der Waals surface area contributed by atoms with Gasteiger partial charge in [0, 0.05) is 40.6 Å². The molecule has 1 saturated heterocycles. The van der Waals surface area contributed by atoms with E-state index in [9.17, 15) is 19.3 Å². The van der Waals surface area contributed by atoms with Crippen LogP contribution in [-0.4, -0.2) is 43.3 Å². The quantitative estimate of drug-likeness (QED) is 0.280. The van der Waals surface area contributed by atoms with Gasteiger partial charge in [-0.05, 0) is 6.92 Å². The summed E-state index contributed by atoms with van der Waals surface area (Å²) < 4.78 is 21.4. The predicted molar refractivity (Wildman–Crippen MR) is 68.6 cm³/mol. The van der Waals surface area contributed by atoms with Crippen LogP contribution in [0.25, 0.3) is 0 Å². The zero-order chi connectivity index (χ0) is 15.8. The van der Waals surface area contributed by atoms with E-state index in [1.54, 1.807) is 0 Å². The summed E-state index contributed by atoms with van der Waals surface area (Å²) in [5.74, 6) is 0. The van der Waals surface area contributed by atoms with Crippen LogP contribution in [0.15, 0.2) is 15.8 Å². The van der Waals surface area contributed by atoms with Gasteiger partial charge in [-0.1, -0.05) is 0 Å². The smallest absolute Gasteiger partial charge is 0.390 e. The number of H-pyrrole nitrogens is 1. The molecule has 10 nitrogen and oxygen atoms in total. The average Bonchev–Trinajstić information content (AvgIpc) is 2.72. The Morgan fingerprint density at radius 1 is 1.50 bits per heavy atom. The summed E-state index contributed by atoms with van der Waals surface area (Å²) in [6.07, 6.45) is -1.57.